The van der Waals surface area contributed by atoms with Gasteiger partial charge in [-0.1, -0.05) is 95.2 Å². The minimum absolute atomic E-state index is 0.111. The number of hydrogen-bond acceptors (Lipinski definition) is 4. The first-order valence-corrected chi connectivity index (χ1v) is 19.6. The van der Waals surface area contributed by atoms with E-state index in [-0.39, 0.29) is 43.4 Å². The van der Waals surface area contributed by atoms with Gasteiger partial charge < -0.3 is 8.80 Å². The molecule has 0 fully saturated rings. The van der Waals surface area contributed by atoms with Gasteiger partial charge in [0, 0.05) is 37.7 Å². The number of aromatic nitrogens is 2. The Labute approximate surface area is 324 Å². The minimum Gasteiger partial charge on any atom is -0.307 e. The third-order valence-electron chi connectivity index (χ3n) is 12.2. The normalized spacial score (nSPS) is 13.6. The van der Waals surface area contributed by atoms with Gasteiger partial charge in [-0.25, -0.2) is 0 Å². The Morgan fingerprint density at radius 2 is 0.661 bits per heavy atom. The number of rotatable bonds is 0. The molecule has 0 spiro atoms. The summed E-state index contributed by atoms with van der Waals surface area (Å²) < 4.78 is 4.06. The molecule has 0 aliphatic carbocycles. The molecule has 0 saturated heterocycles. The van der Waals surface area contributed by atoms with E-state index in [2.05, 4.69) is 93.6 Å². The molecule has 4 aromatic heterocycles. The SMILES string of the molecule is CC(C)(C)c1ccc2c(c1)c(=O)c1cc(C(C)(C)C)cc3c(=O)c4c(ccc5c(=O)c6cc(C(C)(C)C)cc7c(=O)c8cc(C(C)(C)C)ccc8n(c76)c54)n2c13. The molecule has 0 N–H and O–H groups in total. The van der Waals surface area contributed by atoms with Crippen molar-refractivity contribution >= 4 is 76.2 Å². The first-order valence-electron chi connectivity index (χ1n) is 19.6. The topological polar surface area (TPSA) is 77.1 Å². The first-order chi connectivity index (χ1) is 26.0. The zero-order valence-corrected chi connectivity index (χ0v) is 34.5. The van der Waals surface area contributed by atoms with Gasteiger partial charge >= 0.3 is 0 Å². The summed E-state index contributed by atoms with van der Waals surface area (Å²) in [5.74, 6) is 0. The Kier molecular flexibility index (Phi) is 7.10. The third-order valence-corrected chi connectivity index (χ3v) is 12.2. The molecule has 5 aromatic carbocycles. The first kappa shape index (κ1) is 36.0. The van der Waals surface area contributed by atoms with E-state index >= 15 is 4.79 Å². The van der Waals surface area contributed by atoms with E-state index in [0.717, 1.165) is 22.3 Å². The zero-order valence-electron chi connectivity index (χ0n) is 34.5. The number of nitrogens with zero attached hydrogens (tertiary/aromatic N) is 2. The smallest absolute Gasteiger partial charge is 0.199 e. The maximum Gasteiger partial charge on any atom is 0.199 e. The van der Waals surface area contributed by atoms with Crippen LogP contribution in [0, 0.1) is 0 Å². The van der Waals surface area contributed by atoms with Gasteiger partial charge in [0.05, 0.1) is 38.5 Å². The summed E-state index contributed by atoms with van der Waals surface area (Å²) in [5.41, 5.74) is 5.41. The Morgan fingerprint density at radius 3 is 1.09 bits per heavy atom. The fourth-order valence-corrected chi connectivity index (χ4v) is 8.77. The fraction of sp³-hybridized carbons (Fsp3) is 0.320. The lowest BCUT2D eigenvalue weighted by Gasteiger charge is -2.24. The maximum absolute atomic E-state index is 15.5. The van der Waals surface area contributed by atoms with Crippen molar-refractivity contribution in [2.75, 3.05) is 0 Å². The summed E-state index contributed by atoms with van der Waals surface area (Å²) in [7, 11) is 0. The van der Waals surface area contributed by atoms with Gasteiger partial charge in [-0.2, -0.15) is 0 Å². The second kappa shape index (κ2) is 11.0. The Morgan fingerprint density at radius 1 is 0.321 bits per heavy atom. The molecule has 282 valence electrons. The molecule has 9 aromatic rings. The molecule has 6 heteroatoms. The quantitative estimate of drug-likeness (QED) is 0.115. The molecule has 0 atom stereocenters. The zero-order chi connectivity index (χ0) is 40.3. The summed E-state index contributed by atoms with van der Waals surface area (Å²) in [6.45, 7) is 25.3. The highest BCUT2D eigenvalue weighted by Crippen LogP contribution is 2.38. The van der Waals surface area contributed by atoms with Gasteiger partial charge in [0.15, 0.2) is 21.7 Å². The van der Waals surface area contributed by atoms with Crippen LogP contribution < -0.4 is 21.7 Å². The Hall–Kier alpha value is -5.62. The van der Waals surface area contributed by atoms with Crippen molar-refractivity contribution in [3.63, 3.8) is 0 Å². The van der Waals surface area contributed by atoms with E-state index in [4.69, 9.17) is 0 Å². The lowest BCUT2D eigenvalue weighted by Crippen LogP contribution is -2.21. The fourth-order valence-electron chi connectivity index (χ4n) is 8.77. The van der Waals surface area contributed by atoms with Gasteiger partial charge in [0.25, 0.3) is 0 Å². The average molecular weight is 741 g/mol. The van der Waals surface area contributed by atoms with Crippen LogP contribution in [0.3, 0.4) is 0 Å². The largest absolute Gasteiger partial charge is 0.307 e. The molecule has 9 rings (SSSR count). The van der Waals surface area contributed by atoms with Crippen molar-refractivity contribution < 1.29 is 0 Å². The van der Waals surface area contributed by atoms with E-state index in [1.165, 1.54) is 0 Å². The van der Waals surface area contributed by atoms with Crippen molar-refractivity contribution in [1.29, 1.82) is 0 Å². The second-order valence-corrected chi connectivity index (χ2v) is 20.1. The van der Waals surface area contributed by atoms with Gasteiger partial charge in [-0.3, -0.25) is 19.2 Å². The van der Waals surface area contributed by atoms with Crippen molar-refractivity contribution in [3.8, 4) is 0 Å². The molecule has 0 amide bonds. The maximum atomic E-state index is 15.5. The number of hydrogen-bond donors (Lipinski definition) is 0. The highest BCUT2D eigenvalue weighted by molar-refractivity contribution is 6.18. The third kappa shape index (κ3) is 4.87. The second-order valence-electron chi connectivity index (χ2n) is 20.1. The molecule has 0 unspecified atom stereocenters. The van der Waals surface area contributed by atoms with Crippen LogP contribution >= 0.6 is 0 Å². The monoisotopic (exact) mass is 740 g/mol. The van der Waals surface area contributed by atoms with Gasteiger partial charge in [-0.05, 0) is 105 Å². The van der Waals surface area contributed by atoms with E-state index in [0.29, 0.717) is 76.2 Å². The van der Waals surface area contributed by atoms with Crippen LogP contribution in [0.25, 0.3) is 76.2 Å². The number of pyridine rings is 4. The van der Waals surface area contributed by atoms with E-state index in [1.54, 1.807) is 0 Å². The van der Waals surface area contributed by atoms with Crippen LogP contribution in [-0.4, -0.2) is 8.80 Å². The van der Waals surface area contributed by atoms with Crippen LogP contribution in [-0.2, 0) is 21.7 Å². The van der Waals surface area contributed by atoms with E-state index in [9.17, 15) is 14.4 Å². The van der Waals surface area contributed by atoms with Crippen LogP contribution in [0.2, 0.25) is 0 Å². The van der Waals surface area contributed by atoms with Crippen LogP contribution in [0.1, 0.15) is 105 Å². The highest BCUT2D eigenvalue weighted by Gasteiger charge is 2.28. The average Bonchev–Trinajstić information content (AvgIpc) is 3.11. The molecular weight excluding hydrogens is 693 g/mol. The molecule has 0 aliphatic heterocycles. The molecular formula is C50H48N2O4. The number of fused-ring (bicyclic) bond motifs is 9. The summed E-state index contributed by atoms with van der Waals surface area (Å²) in [6.07, 6.45) is 0. The molecule has 0 saturated carbocycles. The van der Waals surface area contributed by atoms with Crippen molar-refractivity contribution in [2.24, 2.45) is 0 Å². The predicted octanol–water partition coefficient (Wildman–Crippen LogP) is 10.6. The molecule has 6 nitrogen and oxygen atoms in total. The molecule has 0 bridgehead atoms. The van der Waals surface area contributed by atoms with E-state index < -0.39 is 0 Å². The van der Waals surface area contributed by atoms with Gasteiger partial charge in [0.1, 0.15) is 0 Å². The summed E-state index contributed by atoms with van der Waals surface area (Å²) in [6, 6.07) is 23.5. The molecule has 0 radical (unpaired) electrons. The van der Waals surface area contributed by atoms with Crippen LogP contribution in [0.5, 0.6) is 0 Å². The lowest BCUT2D eigenvalue weighted by atomic mass is 9.83. The minimum atomic E-state index is -0.369. The van der Waals surface area contributed by atoms with Gasteiger partial charge in [0.2, 0.25) is 0 Å². The molecule has 4 heterocycles. The van der Waals surface area contributed by atoms with Crippen molar-refractivity contribution in [3.05, 3.63) is 136 Å². The van der Waals surface area contributed by atoms with Crippen LogP contribution in [0.15, 0.2) is 92.0 Å². The van der Waals surface area contributed by atoms with Crippen molar-refractivity contribution in [2.45, 2.75) is 105 Å². The Bertz CT molecular complexity index is 3470. The van der Waals surface area contributed by atoms with Crippen molar-refractivity contribution in [1.82, 2.24) is 8.80 Å². The Balaban J connectivity index is 1.65. The van der Waals surface area contributed by atoms with E-state index in [1.807, 2.05) is 71.1 Å². The van der Waals surface area contributed by atoms with Gasteiger partial charge in [-0.15, -0.1) is 0 Å². The molecule has 56 heavy (non-hydrogen) atoms. The molecule has 0 aliphatic rings. The van der Waals surface area contributed by atoms with Crippen LogP contribution in [0.4, 0.5) is 0 Å². The predicted molar refractivity (Wildman–Crippen MR) is 236 cm³/mol. The standard InChI is InChI=1S/C50H48N2O4/c1-47(2,3)25-13-16-36-30(19-25)44(54)32-21-28(50(10,11)12)24-35-40(32)51(36)38-18-15-29-42(39(38)46(35)56)52-37-17-14-26(48(4,5)6)20-31(37)45(55)34-23-27(49(7,8)9)22-33(41(34)52)43(29)53/h13-24H,1-12H3. The summed E-state index contributed by atoms with van der Waals surface area (Å²) >= 11 is 0. The summed E-state index contributed by atoms with van der Waals surface area (Å²) in [4.78, 5) is 59.8. The number of benzene rings is 5. The lowest BCUT2D eigenvalue weighted by molar-refractivity contribution is 0.590. The summed E-state index contributed by atoms with van der Waals surface area (Å²) in [5, 5.41) is 3.68. The highest BCUT2D eigenvalue weighted by atomic mass is 16.1.